The van der Waals surface area contributed by atoms with Gasteiger partial charge in [-0.05, 0) is 24.5 Å². The van der Waals surface area contributed by atoms with Gasteiger partial charge >= 0.3 is 0 Å². The van der Waals surface area contributed by atoms with Gasteiger partial charge in [-0.15, -0.1) is 0 Å². The highest BCUT2D eigenvalue weighted by atomic mass is 16.5. The van der Waals surface area contributed by atoms with Crippen LogP contribution in [-0.4, -0.2) is 41.7 Å². The van der Waals surface area contributed by atoms with E-state index >= 15 is 0 Å². The number of hydrogen-bond acceptors (Lipinski definition) is 4. The van der Waals surface area contributed by atoms with E-state index in [4.69, 9.17) is 10.00 Å². The maximum Gasteiger partial charge on any atom is 0.260 e. The van der Waals surface area contributed by atoms with Gasteiger partial charge in [-0.25, -0.2) is 0 Å². The average molecular weight is 274 g/mol. The van der Waals surface area contributed by atoms with Crippen molar-refractivity contribution in [2.24, 2.45) is 5.92 Å². The molecule has 0 aliphatic carbocycles. The third-order valence-corrected chi connectivity index (χ3v) is 3.57. The molecule has 1 aliphatic heterocycles. The molecule has 2 rings (SSSR count). The van der Waals surface area contributed by atoms with Gasteiger partial charge in [0.05, 0.1) is 11.7 Å². The number of hydrogen-bond donors (Lipinski definition) is 1. The van der Waals surface area contributed by atoms with Gasteiger partial charge in [0.25, 0.3) is 5.91 Å². The summed E-state index contributed by atoms with van der Waals surface area (Å²) in [5.74, 6) is 0.393. The quantitative estimate of drug-likeness (QED) is 0.897. The molecule has 1 heterocycles. The minimum atomic E-state index is -0.334. The van der Waals surface area contributed by atoms with Gasteiger partial charge in [-0.2, -0.15) is 5.26 Å². The Morgan fingerprint density at radius 3 is 3.00 bits per heavy atom. The Morgan fingerprint density at radius 2 is 2.30 bits per heavy atom. The van der Waals surface area contributed by atoms with Crippen molar-refractivity contribution in [1.29, 1.82) is 5.26 Å². The summed E-state index contributed by atoms with van der Waals surface area (Å²) in [6, 6.07) is 8.87. The summed E-state index contributed by atoms with van der Waals surface area (Å²) in [4.78, 5) is 13.8. The van der Waals surface area contributed by atoms with E-state index < -0.39 is 0 Å². The van der Waals surface area contributed by atoms with Crippen molar-refractivity contribution in [1.82, 2.24) is 4.90 Å². The normalized spacial score (nSPS) is 22.1. The fraction of sp³-hybridized carbons (Fsp3) is 0.467. The number of piperidine rings is 1. The van der Waals surface area contributed by atoms with Crippen LogP contribution in [0.2, 0.25) is 0 Å². The summed E-state index contributed by atoms with van der Waals surface area (Å²) in [7, 11) is 0. The third-order valence-electron chi connectivity index (χ3n) is 3.57. The predicted octanol–water partition coefficient (Wildman–Crippen LogP) is 1.17. The number of ether oxygens (including phenoxy) is 1. The van der Waals surface area contributed by atoms with Crippen molar-refractivity contribution >= 4 is 5.91 Å². The van der Waals surface area contributed by atoms with E-state index in [0.717, 1.165) is 0 Å². The van der Waals surface area contributed by atoms with Crippen molar-refractivity contribution in [3.63, 3.8) is 0 Å². The molecule has 1 aromatic carbocycles. The highest BCUT2D eigenvalue weighted by molar-refractivity contribution is 5.78. The van der Waals surface area contributed by atoms with Gasteiger partial charge in [-0.1, -0.05) is 19.1 Å². The first kappa shape index (κ1) is 14.4. The molecule has 5 nitrogen and oxygen atoms in total. The lowest BCUT2D eigenvalue weighted by molar-refractivity contribution is -0.136. The fourth-order valence-corrected chi connectivity index (χ4v) is 2.28. The molecule has 0 unspecified atom stereocenters. The zero-order chi connectivity index (χ0) is 14.5. The minimum Gasteiger partial charge on any atom is -0.482 e. The zero-order valence-corrected chi connectivity index (χ0v) is 11.5. The highest BCUT2D eigenvalue weighted by Crippen LogP contribution is 2.19. The predicted molar refractivity (Wildman–Crippen MR) is 73.0 cm³/mol. The number of aliphatic hydroxyl groups excluding tert-OH is 1. The Morgan fingerprint density at radius 1 is 1.55 bits per heavy atom. The van der Waals surface area contributed by atoms with Crippen LogP contribution in [0.4, 0.5) is 0 Å². The highest BCUT2D eigenvalue weighted by Gasteiger charge is 2.27. The smallest absolute Gasteiger partial charge is 0.260 e. The monoisotopic (exact) mass is 274 g/mol. The Bertz CT molecular complexity index is 524. The summed E-state index contributed by atoms with van der Waals surface area (Å²) in [6.07, 6.45) is 0.265. The lowest BCUT2D eigenvalue weighted by atomic mass is 9.97. The van der Waals surface area contributed by atoms with E-state index in [2.05, 4.69) is 0 Å². The van der Waals surface area contributed by atoms with E-state index in [1.165, 1.54) is 0 Å². The molecule has 20 heavy (non-hydrogen) atoms. The summed E-state index contributed by atoms with van der Waals surface area (Å²) < 4.78 is 5.43. The van der Waals surface area contributed by atoms with Crippen LogP contribution in [0, 0.1) is 17.2 Å². The number of carbonyl (C=O) groups is 1. The molecule has 1 saturated heterocycles. The molecule has 0 bridgehead atoms. The maximum atomic E-state index is 12.1. The second-order valence-corrected chi connectivity index (χ2v) is 5.07. The first-order valence-electron chi connectivity index (χ1n) is 6.69. The third kappa shape index (κ3) is 3.28. The van der Waals surface area contributed by atoms with Gasteiger partial charge in [-0.3, -0.25) is 4.79 Å². The van der Waals surface area contributed by atoms with E-state index in [1.807, 2.05) is 13.0 Å². The van der Waals surface area contributed by atoms with Crippen molar-refractivity contribution in [2.45, 2.75) is 19.4 Å². The molecule has 1 N–H and O–H groups in total. The maximum absolute atomic E-state index is 12.1. The second kappa shape index (κ2) is 6.40. The minimum absolute atomic E-state index is 0.0818. The molecular weight excluding hydrogens is 256 g/mol. The molecule has 1 aliphatic rings. The number of benzene rings is 1. The summed E-state index contributed by atoms with van der Waals surface area (Å²) >= 11 is 0. The topological polar surface area (TPSA) is 73.6 Å². The van der Waals surface area contributed by atoms with Crippen molar-refractivity contribution in [3.8, 4) is 11.8 Å². The summed E-state index contributed by atoms with van der Waals surface area (Å²) in [6.45, 7) is 2.94. The number of likely N-dealkylation sites (tertiary alicyclic amines) is 1. The first-order valence-corrected chi connectivity index (χ1v) is 6.69. The van der Waals surface area contributed by atoms with E-state index in [0.29, 0.717) is 30.8 Å². The Balaban J connectivity index is 1.91. The first-order chi connectivity index (χ1) is 9.61. The fourth-order valence-electron chi connectivity index (χ4n) is 2.28. The average Bonchev–Trinajstić information content (AvgIpc) is 2.47. The standard InChI is InChI=1S/C15H18N2O3/c1-11-9-17(7-6-13(11)18)15(19)10-20-14-5-3-2-4-12(14)8-16/h2-5,11,13,18H,6-7,9-10H2,1H3/t11-,13+/m0/s1. The van der Waals surface area contributed by atoms with Crippen LogP contribution in [-0.2, 0) is 4.79 Å². The Hall–Kier alpha value is -2.06. The van der Waals surface area contributed by atoms with E-state index in [9.17, 15) is 9.90 Å². The molecule has 2 atom stereocenters. The van der Waals surface area contributed by atoms with Crippen LogP contribution in [0.15, 0.2) is 24.3 Å². The van der Waals surface area contributed by atoms with Crippen molar-refractivity contribution in [3.05, 3.63) is 29.8 Å². The van der Waals surface area contributed by atoms with Crippen molar-refractivity contribution < 1.29 is 14.6 Å². The molecule has 106 valence electrons. The van der Waals surface area contributed by atoms with E-state index in [1.54, 1.807) is 29.2 Å². The number of aliphatic hydroxyl groups is 1. The Kier molecular flexibility index (Phi) is 4.59. The molecule has 1 fully saturated rings. The number of para-hydroxylation sites is 1. The molecule has 5 heteroatoms. The van der Waals surface area contributed by atoms with Gasteiger partial charge in [0.15, 0.2) is 6.61 Å². The molecule has 1 aromatic rings. The molecule has 1 amide bonds. The van der Waals surface area contributed by atoms with Crippen LogP contribution < -0.4 is 4.74 Å². The van der Waals surface area contributed by atoms with Crippen LogP contribution >= 0.6 is 0 Å². The van der Waals surface area contributed by atoms with Crippen LogP contribution in [0.3, 0.4) is 0 Å². The Labute approximate surface area is 118 Å². The number of carbonyl (C=O) groups excluding carboxylic acids is 1. The van der Waals surface area contributed by atoms with Crippen LogP contribution in [0.1, 0.15) is 18.9 Å². The number of rotatable bonds is 3. The molecular formula is C15H18N2O3. The van der Waals surface area contributed by atoms with Gasteiger partial charge < -0.3 is 14.7 Å². The lowest BCUT2D eigenvalue weighted by Gasteiger charge is -2.34. The SMILES string of the molecule is C[C@H]1CN(C(=O)COc2ccccc2C#N)CC[C@H]1O. The van der Waals surface area contributed by atoms with Crippen LogP contribution in [0.25, 0.3) is 0 Å². The van der Waals surface area contributed by atoms with E-state index in [-0.39, 0.29) is 24.5 Å². The van der Waals surface area contributed by atoms with Crippen molar-refractivity contribution in [2.75, 3.05) is 19.7 Å². The molecule has 0 saturated carbocycles. The number of nitriles is 1. The molecule has 0 aromatic heterocycles. The molecule has 0 radical (unpaired) electrons. The largest absolute Gasteiger partial charge is 0.482 e. The lowest BCUT2D eigenvalue weighted by Crippen LogP contribution is -2.46. The van der Waals surface area contributed by atoms with Gasteiger partial charge in [0.2, 0.25) is 0 Å². The van der Waals surface area contributed by atoms with Gasteiger partial charge in [0, 0.05) is 13.1 Å². The van der Waals surface area contributed by atoms with Gasteiger partial charge in [0.1, 0.15) is 11.8 Å². The second-order valence-electron chi connectivity index (χ2n) is 5.07. The zero-order valence-electron chi connectivity index (χ0n) is 11.5. The molecule has 0 spiro atoms. The summed E-state index contributed by atoms with van der Waals surface area (Å²) in [5.41, 5.74) is 0.419. The number of amides is 1. The summed E-state index contributed by atoms with van der Waals surface area (Å²) in [5, 5.41) is 18.6. The number of nitrogens with zero attached hydrogens (tertiary/aromatic N) is 2. The van der Waals surface area contributed by atoms with Crippen LogP contribution in [0.5, 0.6) is 5.75 Å².